The number of oxazole rings is 1. The van der Waals surface area contributed by atoms with E-state index in [1.165, 1.54) is 12.1 Å². The fourth-order valence-corrected chi connectivity index (χ4v) is 5.99. The zero-order chi connectivity index (χ0) is 21.6. The number of carbonyl (C=O) groups is 1. The van der Waals surface area contributed by atoms with E-state index in [1.54, 1.807) is 12.1 Å². The summed E-state index contributed by atoms with van der Waals surface area (Å²) in [5.74, 6) is 1.38. The Kier molecular flexibility index (Phi) is 5.30. The molecule has 2 aliphatic rings. The van der Waals surface area contributed by atoms with Crippen LogP contribution in [0.2, 0.25) is 5.02 Å². The third kappa shape index (κ3) is 4.50. The van der Waals surface area contributed by atoms with Crippen LogP contribution in [0.4, 0.5) is 0 Å². The summed E-state index contributed by atoms with van der Waals surface area (Å²) in [6.07, 6.45) is 5.36. The molecule has 2 saturated carbocycles. The van der Waals surface area contributed by atoms with Crippen LogP contribution in [0.25, 0.3) is 11.1 Å². The van der Waals surface area contributed by atoms with E-state index in [4.69, 9.17) is 25.2 Å². The molecule has 2 aromatic heterocycles. The molecule has 1 aromatic carbocycles. The van der Waals surface area contributed by atoms with Gasteiger partial charge in [0.2, 0.25) is 0 Å². The molecule has 2 heterocycles. The van der Waals surface area contributed by atoms with E-state index in [2.05, 4.69) is 10.3 Å². The molecule has 5 rings (SSSR count). The fourth-order valence-electron chi connectivity index (χ4n) is 4.15. The Hall–Kier alpha value is -2.32. The lowest BCUT2D eigenvalue weighted by atomic mass is 9.86. The monoisotopic (exact) mass is 461 g/mol. The number of hydrogen-bond donors (Lipinski definition) is 2. The maximum atomic E-state index is 12.6. The SMILES string of the molecule is N=[S@@](=O)(CC1CC1)c1ccc(C(=O)N[C@H]2CC[C@@H](c3nc4cc(Cl)ccc4o3)CC2)o1. The predicted octanol–water partition coefficient (Wildman–Crippen LogP) is 5.35. The minimum atomic E-state index is -2.97. The minimum Gasteiger partial charge on any atom is -0.441 e. The predicted molar refractivity (Wildman–Crippen MR) is 117 cm³/mol. The normalized spacial score (nSPS) is 23.5. The van der Waals surface area contributed by atoms with Gasteiger partial charge in [-0.1, -0.05) is 11.6 Å². The summed E-state index contributed by atoms with van der Waals surface area (Å²) in [6.45, 7) is 0. The van der Waals surface area contributed by atoms with Gasteiger partial charge in [-0.05, 0) is 74.8 Å². The molecule has 0 radical (unpaired) electrons. The van der Waals surface area contributed by atoms with Crippen LogP contribution in [0.1, 0.15) is 60.9 Å². The van der Waals surface area contributed by atoms with Gasteiger partial charge in [0.1, 0.15) is 15.2 Å². The zero-order valence-corrected chi connectivity index (χ0v) is 18.5. The fraction of sp³-hybridized carbons (Fsp3) is 0.455. The number of rotatable bonds is 6. The van der Waals surface area contributed by atoms with Crippen molar-refractivity contribution in [1.82, 2.24) is 10.3 Å². The maximum Gasteiger partial charge on any atom is 0.287 e. The van der Waals surface area contributed by atoms with Crippen LogP contribution >= 0.6 is 11.6 Å². The van der Waals surface area contributed by atoms with Crippen molar-refractivity contribution in [3.8, 4) is 0 Å². The number of nitrogens with zero attached hydrogens (tertiary/aromatic N) is 1. The first-order valence-electron chi connectivity index (χ1n) is 10.6. The van der Waals surface area contributed by atoms with Gasteiger partial charge in [0, 0.05) is 22.7 Å². The first-order valence-corrected chi connectivity index (χ1v) is 12.7. The molecule has 7 nitrogen and oxygen atoms in total. The van der Waals surface area contributed by atoms with Crippen LogP contribution in [-0.2, 0) is 9.73 Å². The van der Waals surface area contributed by atoms with E-state index in [1.807, 2.05) is 6.07 Å². The third-order valence-corrected chi connectivity index (χ3v) is 8.12. The molecule has 164 valence electrons. The maximum absolute atomic E-state index is 12.6. The van der Waals surface area contributed by atoms with E-state index in [0.717, 1.165) is 55.5 Å². The molecule has 2 fully saturated rings. The third-order valence-electron chi connectivity index (χ3n) is 6.08. The van der Waals surface area contributed by atoms with Gasteiger partial charge in [0.25, 0.3) is 5.91 Å². The quantitative estimate of drug-likeness (QED) is 0.514. The van der Waals surface area contributed by atoms with E-state index in [9.17, 15) is 9.00 Å². The Morgan fingerprint density at radius 3 is 2.65 bits per heavy atom. The summed E-state index contributed by atoms with van der Waals surface area (Å²) in [7, 11) is -2.97. The van der Waals surface area contributed by atoms with E-state index in [-0.39, 0.29) is 28.7 Å². The molecular weight excluding hydrogens is 438 g/mol. The number of amides is 1. The number of furan rings is 1. The van der Waals surface area contributed by atoms with Gasteiger partial charge >= 0.3 is 0 Å². The molecule has 31 heavy (non-hydrogen) atoms. The summed E-state index contributed by atoms with van der Waals surface area (Å²) in [6, 6.07) is 8.47. The highest BCUT2D eigenvalue weighted by atomic mass is 35.5. The summed E-state index contributed by atoms with van der Waals surface area (Å²) < 4.78 is 32.0. The number of fused-ring (bicyclic) bond motifs is 1. The highest BCUT2D eigenvalue weighted by molar-refractivity contribution is 7.92. The highest BCUT2D eigenvalue weighted by Crippen LogP contribution is 2.35. The average molecular weight is 462 g/mol. The van der Waals surface area contributed by atoms with Crippen LogP contribution in [0.15, 0.2) is 44.3 Å². The highest BCUT2D eigenvalue weighted by Gasteiger charge is 2.30. The first-order chi connectivity index (χ1) is 14.9. The van der Waals surface area contributed by atoms with E-state index >= 15 is 0 Å². The molecule has 2 N–H and O–H groups in total. The number of halogens is 1. The van der Waals surface area contributed by atoms with Gasteiger partial charge in [-0.15, -0.1) is 0 Å². The summed E-state index contributed by atoms with van der Waals surface area (Å²) in [5.41, 5.74) is 1.50. The largest absolute Gasteiger partial charge is 0.441 e. The number of aromatic nitrogens is 1. The number of carbonyl (C=O) groups excluding carboxylic acids is 1. The molecule has 9 heteroatoms. The van der Waals surface area contributed by atoms with Crippen LogP contribution in [0.3, 0.4) is 0 Å². The van der Waals surface area contributed by atoms with Crippen molar-refractivity contribution in [3.63, 3.8) is 0 Å². The Bertz CT molecular complexity index is 1220. The first kappa shape index (κ1) is 20.6. The molecule has 1 amide bonds. The lowest BCUT2D eigenvalue weighted by molar-refractivity contribution is 0.0891. The number of benzene rings is 1. The average Bonchev–Trinajstić information content (AvgIpc) is 3.24. The van der Waals surface area contributed by atoms with Gasteiger partial charge in [-0.25, -0.2) is 14.0 Å². The van der Waals surface area contributed by atoms with Gasteiger partial charge in [-0.2, -0.15) is 0 Å². The van der Waals surface area contributed by atoms with Crippen molar-refractivity contribution in [2.45, 2.75) is 55.6 Å². The van der Waals surface area contributed by atoms with Crippen LogP contribution in [-0.4, -0.2) is 26.9 Å². The van der Waals surface area contributed by atoms with Crippen molar-refractivity contribution in [2.75, 3.05) is 5.75 Å². The van der Waals surface area contributed by atoms with E-state index < -0.39 is 9.73 Å². The standard InChI is InChI=1S/C22H24ClN3O4S/c23-15-5-8-18-17(11-15)26-22(30-18)14-3-6-16(7-4-14)25-21(27)19-9-10-20(29-19)31(24,28)12-13-1-2-13/h5,8-11,13-14,16,24H,1-4,6-7,12H2,(H,25,27)/t14-,16+,31-/m1/s1. The Balaban J connectivity index is 1.18. The number of hydrogen-bond acceptors (Lipinski definition) is 6. The molecule has 0 unspecified atom stereocenters. The lowest BCUT2D eigenvalue weighted by Crippen LogP contribution is -2.37. The van der Waals surface area contributed by atoms with Gasteiger partial charge < -0.3 is 14.2 Å². The Morgan fingerprint density at radius 2 is 1.90 bits per heavy atom. The van der Waals surface area contributed by atoms with Gasteiger partial charge in [-0.3, -0.25) is 4.79 Å². The van der Waals surface area contributed by atoms with Crippen LogP contribution < -0.4 is 5.32 Å². The van der Waals surface area contributed by atoms with Crippen molar-refractivity contribution >= 4 is 38.3 Å². The second kappa shape index (κ2) is 7.98. The molecule has 0 spiro atoms. The lowest BCUT2D eigenvalue weighted by Gasteiger charge is -2.27. The molecule has 0 bridgehead atoms. The van der Waals surface area contributed by atoms with Crippen molar-refractivity contribution in [1.29, 1.82) is 4.78 Å². The topological polar surface area (TPSA) is 109 Å². The minimum absolute atomic E-state index is 0.0305. The van der Waals surface area contributed by atoms with Crippen molar-refractivity contribution in [3.05, 3.63) is 47.0 Å². The van der Waals surface area contributed by atoms with Gasteiger partial charge in [0.15, 0.2) is 22.3 Å². The summed E-state index contributed by atoms with van der Waals surface area (Å²) in [4.78, 5) is 17.2. The van der Waals surface area contributed by atoms with Crippen LogP contribution in [0.5, 0.6) is 0 Å². The van der Waals surface area contributed by atoms with Crippen molar-refractivity contribution in [2.24, 2.45) is 5.92 Å². The molecular formula is C22H24ClN3O4S. The van der Waals surface area contributed by atoms with E-state index in [0.29, 0.717) is 16.7 Å². The van der Waals surface area contributed by atoms with Gasteiger partial charge in [0.05, 0.1) is 0 Å². The second-order valence-electron chi connectivity index (χ2n) is 8.59. The second-order valence-corrected chi connectivity index (χ2v) is 11.1. The molecule has 2 aliphatic carbocycles. The Morgan fingerprint density at radius 1 is 1.13 bits per heavy atom. The molecule has 1 atom stereocenters. The zero-order valence-electron chi connectivity index (χ0n) is 16.9. The molecule has 0 aliphatic heterocycles. The summed E-state index contributed by atoms with van der Waals surface area (Å²) in [5, 5.41) is 3.74. The Labute approximate surface area is 185 Å². The number of nitrogens with one attached hydrogen (secondary N) is 2. The summed E-state index contributed by atoms with van der Waals surface area (Å²) >= 11 is 6.03. The van der Waals surface area contributed by atoms with Crippen molar-refractivity contribution < 1.29 is 17.8 Å². The van der Waals surface area contributed by atoms with Crippen LogP contribution in [0, 0.1) is 10.7 Å². The smallest absolute Gasteiger partial charge is 0.287 e. The molecule has 0 saturated heterocycles. The molecule has 3 aromatic rings.